The molecule has 28 heavy (non-hydrogen) atoms. The summed E-state index contributed by atoms with van der Waals surface area (Å²) in [6, 6.07) is 13.6. The van der Waals surface area contributed by atoms with Crippen molar-refractivity contribution in [3.05, 3.63) is 65.2 Å². The van der Waals surface area contributed by atoms with Crippen molar-refractivity contribution < 1.29 is 13.2 Å². The number of para-hydroxylation sites is 1. The van der Waals surface area contributed by atoms with Gasteiger partial charge in [-0.1, -0.05) is 43.3 Å². The highest BCUT2D eigenvalue weighted by Crippen LogP contribution is 2.41. The molecule has 1 aromatic heterocycles. The largest absolute Gasteiger partial charge is 0.417 e. The van der Waals surface area contributed by atoms with Crippen LogP contribution in [-0.2, 0) is 19.0 Å². The fourth-order valence-electron chi connectivity index (χ4n) is 3.85. The van der Waals surface area contributed by atoms with Crippen molar-refractivity contribution in [3.63, 3.8) is 0 Å². The summed E-state index contributed by atoms with van der Waals surface area (Å²) in [6.07, 6.45) is -1.00. The zero-order valence-corrected chi connectivity index (χ0v) is 15.7. The predicted molar refractivity (Wildman–Crippen MR) is 105 cm³/mol. The number of rotatable bonds is 3. The second-order valence-electron chi connectivity index (χ2n) is 7.00. The molecule has 0 saturated carbocycles. The smallest absolute Gasteiger partial charge is 0.370 e. The molecule has 2 heterocycles. The van der Waals surface area contributed by atoms with Crippen LogP contribution in [0.4, 0.5) is 19.0 Å². The van der Waals surface area contributed by atoms with Crippen molar-refractivity contribution >= 4 is 5.82 Å². The molecular formula is C22H22F3N3. The molecule has 4 rings (SSSR count). The van der Waals surface area contributed by atoms with E-state index in [4.69, 9.17) is 5.10 Å². The SMILES string of the molecule is CCc1ccccc1-n1nc(-c2ccccc2C(F)(F)F)c2c1NCCCC2. The van der Waals surface area contributed by atoms with Crippen molar-refractivity contribution in [2.45, 2.75) is 38.8 Å². The first-order valence-corrected chi connectivity index (χ1v) is 9.61. The van der Waals surface area contributed by atoms with E-state index < -0.39 is 11.7 Å². The van der Waals surface area contributed by atoms with Gasteiger partial charge in [-0.15, -0.1) is 0 Å². The highest BCUT2D eigenvalue weighted by molar-refractivity contribution is 5.74. The summed E-state index contributed by atoms with van der Waals surface area (Å²) in [6.45, 7) is 2.85. The van der Waals surface area contributed by atoms with Crippen LogP contribution in [0.15, 0.2) is 48.5 Å². The lowest BCUT2D eigenvalue weighted by atomic mass is 9.99. The molecule has 6 heteroatoms. The van der Waals surface area contributed by atoms with E-state index in [1.54, 1.807) is 10.7 Å². The third-order valence-electron chi connectivity index (χ3n) is 5.22. The molecule has 1 N–H and O–H groups in total. The van der Waals surface area contributed by atoms with Crippen molar-refractivity contribution in [1.29, 1.82) is 0 Å². The van der Waals surface area contributed by atoms with Crippen LogP contribution in [0.1, 0.15) is 36.5 Å². The molecule has 0 bridgehead atoms. The quantitative estimate of drug-likeness (QED) is 0.611. The van der Waals surface area contributed by atoms with Crippen LogP contribution in [-0.4, -0.2) is 16.3 Å². The second-order valence-corrected chi connectivity index (χ2v) is 7.00. The van der Waals surface area contributed by atoms with Crippen LogP contribution in [0.2, 0.25) is 0 Å². The van der Waals surface area contributed by atoms with E-state index in [9.17, 15) is 13.2 Å². The molecule has 0 aliphatic carbocycles. The molecule has 1 aliphatic heterocycles. The van der Waals surface area contributed by atoms with E-state index in [1.165, 1.54) is 12.1 Å². The summed E-state index contributed by atoms with van der Waals surface area (Å²) in [7, 11) is 0. The summed E-state index contributed by atoms with van der Waals surface area (Å²) < 4.78 is 42.7. The first-order valence-electron chi connectivity index (χ1n) is 9.61. The van der Waals surface area contributed by atoms with Gasteiger partial charge < -0.3 is 5.32 Å². The van der Waals surface area contributed by atoms with E-state index in [0.717, 1.165) is 54.5 Å². The van der Waals surface area contributed by atoms with Crippen LogP contribution in [0, 0.1) is 0 Å². The number of nitrogens with zero attached hydrogens (tertiary/aromatic N) is 2. The van der Waals surface area contributed by atoms with Crippen molar-refractivity contribution in [2.24, 2.45) is 0 Å². The van der Waals surface area contributed by atoms with E-state index in [-0.39, 0.29) is 5.56 Å². The summed E-state index contributed by atoms with van der Waals surface area (Å²) in [5.41, 5.74) is 2.79. The number of benzene rings is 2. The Labute approximate surface area is 162 Å². The Morgan fingerprint density at radius 3 is 2.57 bits per heavy atom. The van der Waals surface area contributed by atoms with Crippen LogP contribution in [0.25, 0.3) is 16.9 Å². The molecular weight excluding hydrogens is 363 g/mol. The highest BCUT2D eigenvalue weighted by Gasteiger charge is 2.35. The predicted octanol–water partition coefficient (Wildman–Crippen LogP) is 5.87. The van der Waals surface area contributed by atoms with Gasteiger partial charge in [-0.25, -0.2) is 4.68 Å². The standard InChI is InChI=1S/C22H22F3N3/c1-2-15-9-3-6-13-19(15)28-21-17(11-7-8-14-26-21)20(27-28)16-10-4-5-12-18(16)22(23,24)25/h3-6,9-10,12-13,26H,2,7-8,11,14H2,1H3. The van der Waals surface area contributed by atoms with Crippen molar-refractivity contribution in [2.75, 3.05) is 11.9 Å². The Morgan fingerprint density at radius 1 is 1.04 bits per heavy atom. The van der Waals surface area contributed by atoms with Crippen molar-refractivity contribution in [3.8, 4) is 16.9 Å². The Hall–Kier alpha value is -2.76. The molecule has 3 aromatic rings. The number of aromatic nitrogens is 2. The first-order chi connectivity index (χ1) is 13.5. The average Bonchev–Trinajstić information content (AvgIpc) is 2.87. The molecule has 0 fully saturated rings. The van der Waals surface area contributed by atoms with Gasteiger partial charge in [0.05, 0.1) is 16.9 Å². The summed E-state index contributed by atoms with van der Waals surface area (Å²) in [5, 5.41) is 8.12. The number of fused-ring (bicyclic) bond motifs is 1. The fraction of sp³-hybridized carbons (Fsp3) is 0.318. The van der Waals surface area contributed by atoms with Gasteiger partial charge >= 0.3 is 6.18 Å². The molecule has 3 nitrogen and oxygen atoms in total. The molecule has 146 valence electrons. The number of halogens is 3. The molecule has 0 spiro atoms. The number of anilines is 1. The van der Waals surface area contributed by atoms with Crippen LogP contribution < -0.4 is 5.32 Å². The van der Waals surface area contributed by atoms with Gasteiger partial charge in [0.25, 0.3) is 0 Å². The van der Waals surface area contributed by atoms with Gasteiger partial charge in [-0.2, -0.15) is 18.3 Å². The third kappa shape index (κ3) is 3.28. The van der Waals surface area contributed by atoms with E-state index in [2.05, 4.69) is 12.2 Å². The Kier molecular flexibility index (Phi) is 4.87. The Morgan fingerprint density at radius 2 is 1.79 bits per heavy atom. The maximum absolute atomic E-state index is 13.6. The van der Waals surface area contributed by atoms with Gasteiger partial charge in [-0.05, 0) is 43.4 Å². The van der Waals surface area contributed by atoms with Gasteiger partial charge in [0.15, 0.2) is 0 Å². The molecule has 0 radical (unpaired) electrons. The van der Waals surface area contributed by atoms with Crippen LogP contribution in [0.5, 0.6) is 0 Å². The average molecular weight is 385 g/mol. The lowest BCUT2D eigenvalue weighted by molar-refractivity contribution is -0.137. The van der Waals surface area contributed by atoms with E-state index in [0.29, 0.717) is 12.1 Å². The highest BCUT2D eigenvalue weighted by atomic mass is 19.4. The van der Waals surface area contributed by atoms with Crippen molar-refractivity contribution in [1.82, 2.24) is 9.78 Å². The molecule has 0 amide bonds. The van der Waals surface area contributed by atoms with Crippen LogP contribution >= 0.6 is 0 Å². The van der Waals surface area contributed by atoms with Gasteiger partial charge in [0.1, 0.15) is 5.82 Å². The fourth-order valence-corrected chi connectivity index (χ4v) is 3.85. The topological polar surface area (TPSA) is 29.9 Å². The van der Waals surface area contributed by atoms with Gasteiger partial charge in [-0.3, -0.25) is 0 Å². The van der Waals surface area contributed by atoms with E-state index in [1.807, 2.05) is 24.3 Å². The molecule has 0 unspecified atom stereocenters. The maximum Gasteiger partial charge on any atom is 0.417 e. The zero-order chi connectivity index (χ0) is 19.7. The number of aryl methyl sites for hydroxylation is 1. The normalized spacial score (nSPS) is 14.3. The lowest BCUT2D eigenvalue weighted by Gasteiger charge is -2.12. The van der Waals surface area contributed by atoms with Gasteiger partial charge in [0, 0.05) is 17.7 Å². The van der Waals surface area contributed by atoms with E-state index >= 15 is 0 Å². The monoisotopic (exact) mass is 385 g/mol. The summed E-state index contributed by atoms with van der Waals surface area (Å²) in [5.74, 6) is 0.811. The number of nitrogens with one attached hydrogen (secondary N) is 1. The molecule has 0 saturated heterocycles. The lowest BCUT2D eigenvalue weighted by Crippen LogP contribution is -2.09. The number of hydrogen-bond acceptors (Lipinski definition) is 2. The minimum atomic E-state index is -4.42. The second kappa shape index (κ2) is 7.34. The number of alkyl halides is 3. The molecule has 0 atom stereocenters. The Bertz CT molecular complexity index is 989. The summed E-state index contributed by atoms with van der Waals surface area (Å²) in [4.78, 5) is 0. The maximum atomic E-state index is 13.6. The minimum absolute atomic E-state index is 0.141. The third-order valence-corrected chi connectivity index (χ3v) is 5.22. The minimum Gasteiger partial charge on any atom is -0.370 e. The zero-order valence-electron chi connectivity index (χ0n) is 15.7. The first kappa shape index (κ1) is 18.6. The van der Waals surface area contributed by atoms with Gasteiger partial charge in [0.2, 0.25) is 0 Å². The molecule has 1 aliphatic rings. The number of hydrogen-bond donors (Lipinski definition) is 1. The summed E-state index contributed by atoms with van der Waals surface area (Å²) >= 11 is 0. The Balaban J connectivity index is 1.97. The van der Waals surface area contributed by atoms with Crippen LogP contribution in [0.3, 0.4) is 0 Å². The molecule has 2 aromatic carbocycles.